The highest BCUT2D eigenvalue weighted by Gasteiger charge is 2.24. The van der Waals surface area contributed by atoms with Crippen LogP contribution in [0.25, 0.3) is 0 Å². The fourth-order valence-corrected chi connectivity index (χ4v) is 7.63. The average molecular weight is 916 g/mol. The van der Waals surface area contributed by atoms with Crippen molar-refractivity contribution in [2.75, 3.05) is 6.61 Å². The standard InChI is InChI=1S/C60H101NO5/c1-4-7-10-13-16-19-22-25-27-28-29-30-32-35-38-41-44-47-50-53-60(65)66-56(51-48-45-42-39-36-33-24-21-18-15-12-9-6-3)54-59(64)61-57(55-62)58(63)52-49-46-43-40-37-34-31-26-23-20-17-14-11-8-5-2/h7,9-10,12,15-16,18-19,21,24-25,27,29-30,35,38,44,47,56-58,62-63H,4-6,8,11,13-14,17,20,22-23,26,28,31-34,36-37,39-43,45-46,48-55H2,1-3H3,(H,61,64)/b10-7-,12-9+,18-15+,19-16-,24-21+,27-25-,30-29-,38-35-,47-44-. The molecular weight excluding hydrogens is 815 g/mol. The van der Waals surface area contributed by atoms with E-state index in [4.69, 9.17) is 4.74 Å². The van der Waals surface area contributed by atoms with Gasteiger partial charge in [-0.25, -0.2) is 0 Å². The molecule has 66 heavy (non-hydrogen) atoms. The number of hydrogen-bond acceptors (Lipinski definition) is 5. The molecule has 0 aromatic carbocycles. The molecule has 376 valence electrons. The zero-order valence-electron chi connectivity index (χ0n) is 42.8. The van der Waals surface area contributed by atoms with Gasteiger partial charge in [-0.1, -0.05) is 246 Å². The number of nitrogens with one attached hydrogen (secondary N) is 1. The van der Waals surface area contributed by atoms with Crippen LogP contribution in [-0.4, -0.2) is 46.9 Å². The fourth-order valence-electron chi connectivity index (χ4n) is 7.63. The molecule has 3 unspecified atom stereocenters. The summed E-state index contributed by atoms with van der Waals surface area (Å²) in [6, 6.07) is -0.731. The van der Waals surface area contributed by atoms with Crippen LogP contribution in [0.15, 0.2) is 109 Å². The minimum atomic E-state index is -0.813. The van der Waals surface area contributed by atoms with Crippen LogP contribution < -0.4 is 5.32 Å². The molecule has 0 aromatic heterocycles. The third-order valence-corrected chi connectivity index (χ3v) is 11.7. The number of rotatable bonds is 47. The molecule has 0 aliphatic carbocycles. The van der Waals surface area contributed by atoms with E-state index in [0.29, 0.717) is 19.3 Å². The molecule has 3 atom stereocenters. The summed E-state index contributed by atoms with van der Waals surface area (Å²) in [6.07, 6.45) is 71.6. The number of aliphatic hydroxyl groups excluding tert-OH is 2. The first-order valence-electron chi connectivity index (χ1n) is 27.1. The second-order valence-corrected chi connectivity index (χ2v) is 17.9. The molecule has 0 aliphatic rings. The van der Waals surface area contributed by atoms with Gasteiger partial charge in [0.05, 0.1) is 25.2 Å². The number of hydrogen-bond donors (Lipinski definition) is 3. The molecule has 0 rings (SSSR count). The molecular formula is C60H101NO5. The van der Waals surface area contributed by atoms with E-state index >= 15 is 0 Å². The highest BCUT2D eigenvalue weighted by atomic mass is 16.5. The van der Waals surface area contributed by atoms with Crippen LogP contribution >= 0.6 is 0 Å². The molecule has 0 radical (unpaired) electrons. The number of esters is 1. The van der Waals surface area contributed by atoms with Crippen molar-refractivity contribution in [3.05, 3.63) is 109 Å². The Kier molecular flexibility index (Phi) is 49.7. The molecule has 0 heterocycles. The van der Waals surface area contributed by atoms with Crippen molar-refractivity contribution in [1.29, 1.82) is 0 Å². The van der Waals surface area contributed by atoms with E-state index in [1.54, 1.807) is 0 Å². The van der Waals surface area contributed by atoms with Crippen molar-refractivity contribution in [3.63, 3.8) is 0 Å². The van der Waals surface area contributed by atoms with Crippen molar-refractivity contribution in [2.45, 2.75) is 251 Å². The van der Waals surface area contributed by atoms with Gasteiger partial charge >= 0.3 is 5.97 Å². The summed E-state index contributed by atoms with van der Waals surface area (Å²) in [5.74, 6) is -0.601. The first-order chi connectivity index (χ1) is 32.5. The number of ether oxygens (including phenoxy) is 1. The second kappa shape index (κ2) is 52.5. The second-order valence-electron chi connectivity index (χ2n) is 17.9. The Bertz CT molecular complexity index is 1350. The number of carbonyl (C=O) groups is 2. The molecule has 1 amide bonds. The van der Waals surface area contributed by atoms with Gasteiger partial charge in [-0.3, -0.25) is 9.59 Å². The zero-order chi connectivity index (χ0) is 48.1. The van der Waals surface area contributed by atoms with E-state index in [2.05, 4.69) is 129 Å². The Morgan fingerprint density at radius 2 is 0.894 bits per heavy atom. The number of aliphatic hydroxyl groups is 2. The van der Waals surface area contributed by atoms with Crippen LogP contribution in [0.3, 0.4) is 0 Å². The van der Waals surface area contributed by atoms with Crippen LogP contribution in [-0.2, 0) is 14.3 Å². The Morgan fingerprint density at radius 1 is 0.470 bits per heavy atom. The minimum absolute atomic E-state index is 0.0274. The van der Waals surface area contributed by atoms with Gasteiger partial charge in [0.2, 0.25) is 5.91 Å². The summed E-state index contributed by atoms with van der Waals surface area (Å²) in [5.41, 5.74) is 0. The van der Waals surface area contributed by atoms with E-state index in [1.165, 1.54) is 77.0 Å². The van der Waals surface area contributed by atoms with E-state index in [-0.39, 0.29) is 31.3 Å². The van der Waals surface area contributed by atoms with Crippen LogP contribution in [0, 0.1) is 0 Å². The predicted octanol–water partition coefficient (Wildman–Crippen LogP) is 16.7. The van der Waals surface area contributed by atoms with E-state index in [9.17, 15) is 19.8 Å². The summed E-state index contributed by atoms with van der Waals surface area (Å²) in [5, 5.41) is 23.8. The molecule has 0 aromatic rings. The first-order valence-corrected chi connectivity index (χ1v) is 27.1. The lowest BCUT2D eigenvalue weighted by atomic mass is 10.0. The Labute approximate surface area is 407 Å². The summed E-state index contributed by atoms with van der Waals surface area (Å²) < 4.78 is 5.89. The summed E-state index contributed by atoms with van der Waals surface area (Å²) in [6.45, 7) is 6.22. The van der Waals surface area contributed by atoms with E-state index in [1.807, 2.05) is 6.08 Å². The lowest BCUT2D eigenvalue weighted by Crippen LogP contribution is -2.46. The maximum Gasteiger partial charge on any atom is 0.306 e. The van der Waals surface area contributed by atoms with Crippen molar-refractivity contribution in [3.8, 4) is 0 Å². The highest BCUT2D eigenvalue weighted by molar-refractivity contribution is 5.77. The Morgan fingerprint density at radius 3 is 1.38 bits per heavy atom. The number of carbonyl (C=O) groups excluding carboxylic acids is 2. The molecule has 0 saturated heterocycles. The largest absolute Gasteiger partial charge is 0.462 e. The summed E-state index contributed by atoms with van der Waals surface area (Å²) >= 11 is 0. The first kappa shape index (κ1) is 62.5. The normalized spacial score (nSPS) is 14.1. The quantitative estimate of drug-likeness (QED) is 0.0245. The van der Waals surface area contributed by atoms with Crippen molar-refractivity contribution < 1.29 is 24.5 Å². The molecule has 0 bridgehead atoms. The third kappa shape index (κ3) is 47.0. The van der Waals surface area contributed by atoms with Crippen LogP contribution in [0.1, 0.15) is 233 Å². The SMILES string of the molecule is CC/C=C\C/C=C\C/C=C\C/C=C\C/C=C\C/C=C\CCC(=O)OC(CCCCCCC/C=C/C=C/C=C/CC)CC(=O)NC(CO)C(O)CCCCCCCCCCCCCCCCC. The molecule has 0 aliphatic heterocycles. The van der Waals surface area contributed by atoms with Gasteiger partial charge < -0.3 is 20.3 Å². The molecule has 6 heteroatoms. The van der Waals surface area contributed by atoms with Gasteiger partial charge in [0.1, 0.15) is 6.10 Å². The van der Waals surface area contributed by atoms with Gasteiger partial charge in [-0.2, -0.15) is 0 Å². The number of allylic oxidation sites excluding steroid dienone is 18. The number of amides is 1. The van der Waals surface area contributed by atoms with E-state index < -0.39 is 18.2 Å². The van der Waals surface area contributed by atoms with Crippen LogP contribution in [0.2, 0.25) is 0 Å². The molecule has 3 N–H and O–H groups in total. The van der Waals surface area contributed by atoms with Gasteiger partial charge in [-0.05, 0) is 83.5 Å². The summed E-state index contributed by atoms with van der Waals surface area (Å²) in [4.78, 5) is 26.2. The molecule has 6 nitrogen and oxygen atoms in total. The number of unbranched alkanes of at least 4 members (excludes halogenated alkanes) is 19. The molecule has 0 spiro atoms. The third-order valence-electron chi connectivity index (χ3n) is 11.7. The van der Waals surface area contributed by atoms with Crippen molar-refractivity contribution in [1.82, 2.24) is 5.32 Å². The minimum Gasteiger partial charge on any atom is -0.462 e. The summed E-state index contributed by atoms with van der Waals surface area (Å²) in [7, 11) is 0. The van der Waals surface area contributed by atoms with Crippen molar-refractivity contribution >= 4 is 11.9 Å². The van der Waals surface area contributed by atoms with Crippen molar-refractivity contribution in [2.24, 2.45) is 0 Å². The topological polar surface area (TPSA) is 95.9 Å². The van der Waals surface area contributed by atoms with Gasteiger partial charge in [0.15, 0.2) is 0 Å². The smallest absolute Gasteiger partial charge is 0.306 e. The zero-order valence-corrected chi connectivity index (χ0v) is 42.8. The van der Waals surface area contributed by atoms with Crippen LogP contribution in [0.5, 0.6) is 0 Å². The molecule has 0 saturated carbocycles. The molecule has 0 fully saturated rings. The maximum absolute atomic E-state index is 13.2. The van der Waals surface area contributed by atoms with Gasteiger partial charge in [-0.15, -0.1) is 0 Å². The lowest BCUT2D eigenvalue weighted by molar-refractivity contribution is -0.150. The van der Waals surface area contributed by atoms with Crippen LogP contribution in [0.4, 0.5) is 0 Å². The lowest BCUT2D eigenvalue weighted by Gasteiger charge is -2.24. The monoisotopic (exact) mass is 916 g/mol. The van der Waals surface area contributed by atoms with Gasteiger partial charge in [0, 0.05) is 6.42 Å². The highest BCUT2D eigenvalue weighted by Crippen LogP contribution is 2.17. The Hall–Kier alpha value is -3.48. The maximum atomic E-state index is 13.2. The predicted molar refractivity (Wildman–Crippen MR) is 287 cm³/mol. The average Bonchev–Trinajstić information content (AvgIpc) is 3.31. The van der Waals surface area contributed by atoms with Gasteiger partial charge in [0.25, 0.3) is 0 Å². The fraction of sp³-hybridized carbons (Fsp3) is 0.667. The van der Waals surface area contributed by atoms with E-state index in [0.717, 1.165) is 103 Å². The Balaban J connectivity index is 4.70.